The van der Waals surface area contributed by atoms with Gasteiger partial charge in [-0.25, -0.2) is 4.79 Å². The number of hydrogen-bond donors (Lipinski definition) is 7. The molecule has 57 heavy (non-hydrogen) atoms. The number of carboxylic acid groups (broad SMARTS) is 3. The van der Waals surface area contributed by atoms with E-state index in [1.165, 1.54) is 0 Å². The van der Waals surface area contributed by atoms with Gasteiger partial charge >= 0.3 is 17.9 Å². The number of ether oxygens (including phenoxy) is 2. The first kappa shape index (κ1) is 51.2. The molecule has 0 aromatic heterocycles. The van der Waals surface area contributed by atoms with Gasteiger partial charge < -0.3 is 46.1 Å². The quantitative estimate of drug-likeness (QED) is 0.0543. The summed E-state index contributed by atoms with van der Waals surface area (Å²) in [6.07, 6.45) is 3.80. The van der Waals surface area contributed by atoms with Crippen LogP contribution in [0.5, 0.6) is 0 Å². The molecule has 2 atom stereocenters. The molecule has 1 aliphatic rings. The maximum absolute atomic E-state index is 13.1. The van der Waals surface area contributed by atoms with E-state index in [0.29, 0.717) is 45.3 Å². The zero-order valence-corrected chi connectivity index (χ0v) is 35.8. The molecule has 328 valence electrons. The third kappa shape index (κ3) is 20.5. The fourth-order valence-corrected chi connectivity index (χ4v) is 6.78. The highest BCUT2D eigenvalue weighted by Gasteiger charge is 2.40. The van der Waals surface area contributed by atoms with Crippen molar-refractivity contribution in [3.05, 3.63) is 0 Å². The molecule has 1 fully saturated rings. The zero-order chi connectivity index (χ0) is 43.6. The average molecular weight is 813 g/mol. The number of hydrogen-bond acceptors (Lipinski definition) is 9. The summed E-state index contributed by atoms with van der Waals surface area (Å²) in [6, 6.07) is -2.53. The van der Waals surface area contributed by atoms with Gasteiger partial charge in [0, 0.05) is 38.3 Å². The molecule has 0 aromatic carbocycles. The Labute approximate surface area is 338 Å². The van der Waals surface area contributed by atoms with Gasteiger partial charge in [-0.05, 0) is 95.8 Å². The van der Waals surface area contributed by atoms with Crippen molar-refractivity contribution in [1.29, 1.82) is 0 Å². The third-order valence-corrected chi connectivity index (χ3v) is 11.3. The number of carbonyl (C=O) groups is 7. The predicted molar refractivity (Wildman–Crippen MR) is 213 cm³/mol. The third-order valence-electron chi connectivity index (χ3n) is 11.3. The summed E-state index contributed by atoms with van der Waals surface area (Å²) in [5.41, 5.74) is -1.91. The molecule has 16 nitrogen and oxygen atoms in total. The van der Waals surface area contributed by atoms with Crippen molar-refractivity contribution in [1.82, 2.24) is 21.3 Å². The van der Waals surface area contributed by atoms with Crippen molar-refractivity contribution in [3.8, 4) is 0 Å². The standard InChI is InChI=1S/C41H72N4O12/c1-10-19-40(6,7)56-22-20-41(8,9)57-23-21-42-36(53)29(16-18-33(48)49)44-31(46)17-15-30(37(54)55)45-35(52)28-13-11-27(12-14-28)26-43-32(47)24-38(2,3)39(4,5)25-34(50)51/h27-30H,10-26H2,1-9H3,(H,42,53)(H,43,47)(H,44,46)(H,45,52)(H,48,49)(H,50,51)(H,54,55). The Morgan fingerprint density at radius 3 is 1.77 bits per heavy atom. The molecule has 7 N–H and O–H groups in total. The van der Waals surface area contributed by atoms with Gasteiger partial charge in [0.1, 0.15) is 12.1 Å². The first-order valence-electron chi connectivity index (χ1n) is 20.4. The lowest BCUT2D eigenvalue weighted by Crippen LogP contribution is -2.49. The van der Waals surface area contributed by atoms with Crippen LogP contribution in [0, 0.1) is 22.7 Å². The molecular weight excluding hydrogens is 740 g/mol. The van der Waals surface area contributed by atoms with Gasteiger partial charge in [-0.2, -0.15) is 0 Å². The highest BCUT2D eigenvalue weighted by atomic mass is 16.5. The monoisotopic (exact) mass is 813 g/mol. The summed E-state index contributed by atoms with van der Waals surface area (Å²) >= 11 is 0. The van der Waals surface area contributed by atoms with Crippen LogP contribution in [0.4, 0.5) is 0 Å². The van der Waals surface area contributed by atoms with Crippen LogP contribution in [0.15, 0.2) is 0 Å². The van der Waals surface area contributed by atoms with Gasteiger partial charge in [-0.15, -0.1) is 0 Å². The van der Waals surface area contributed by atoms with Crippen molar-refractivity contribution in [2.24, 2.45) is 22.7 Å². The molecule has 0 spiro atoms. The summed E-state index contributed by atoms with van der Waals surface area (Å²) in [5.74, 6) is -5.57. The van der Waals surface area contributed by atoms with E-state index in [9.17, 15) is 48.9 Å². The topological polar surface area (TPSA) is 247 Å². The smallest absolute Gasteiger partial charge is 0.326 e. The highest BCUT2D eigenvalue weighted by molar-refractivity contribution is 5.89. The Bertz CT molecular complexity index is 1350. The van der Waals surface area contributed by atoms with Gasteiger partial charge in [0.15, 0.2) is 0 Å². The van der Waals surface area contributed by atoms with Crippen molar-refractivity contribution in [2.75, 3.05) is 26.3 Å². The van der Waals surface area contributed by atoms with Crippen molar-refractivity contribution < 1.29 is 58.4 Å². The number of rotatable bonds is 28. The Morgan fingerprint density at radius 2 is 1.21 bits per heavy atom. The summed E-state index contributed by atoms with van der Waals surface area (Å²) in [5, 5.41) is 38.9. The molecule has 0 radical (unpaired) electrons. The normalized spacial score (nSPS) is 17.5. The van der Waals surface area contributed by atoms with Crippen LogP contribution in [-0.2, 0) is 43.0 Å². The maximum atomic E-state index is 13.1. The minimum Gasteiger partial charge on any atom is -0.481 e. The number of amides is 4. The zero-order valence-electron chi connectivity index (χ0n) is 35.8. The Balaban J connectivity index is 2.59. The predicted octanol–water partition coefficient (Wildman–Crippen LogP) is 4.42. The molecule has 0 aromatic rings. The summed E-state index contributed by atoms with van der Waals surface area (Å²) in [7, 11) is 0. The SMILES string of the molecule is CCCC(C)(C)OCCC(C)(C)OCCNC(=O)C(CCC(=O)O)NC(=O)CCC(NC(=O)C1CCC(CNC(=O)CC(C)(C)C(C)(C)CC(=O)O)CC1)C(=O)O. The van der Waals surface area contributed by atoms with Crippen LogP contribution in [0.2, 0.25) is 0 Å². The van der Waals surface area contributed by atoms with E-state index in [0.717, 1.165) is 12.8 Å². The van der Waals surface area contributed by atoms with Crippen LogP contribution in [-0.4, -0.2) is 106 Å². The lowest BCUT2D eigenvalue weighted by Gasteiger charge is -2.40. The van der Waals surface area contributed by atoms with E-state index in [1.807, 2.05) is 55.4 Å². The van der Waals surface area contributed by atoms with Crippen LogP contribution in [0.3, 0.4) is 0 Å². The molecule has 4 amide bonds. The van der Waals surface area contributed by atoms with E-state index in [-0.39, 0.29) is 69.1 Å². The van der Waals surface area contributed by atoms with E-state index in [1.54, 1.807) is 0 Å². The van der Waals surface area contributed by atoms with Gasteiger partial charge in [0.05, 0.1) is 30.8 Å². The highest BCUT2D eigenvalue weighted by Crippen LogP contribution is 2.44. The minimum atomic E-state index is -1.36. The number of carboxylic acids is 3. The van der Waals surface area contributed by atoms with Crippen LogP contribution < -0.4 is 21.3 Å². The van der Waals surface area contributed by atoms with Crippen LogP contribution >= 0.6 is 0 Å². The number of nitrogens with one attached hydrogen (secondary N) is 4. The molecule has 0 heterocycles. The Morgan fingerprint density at radius 1 is 0.649 bits per heavy atom. The molecule has 2 unspecified atom stereocenters. The van der Waals surface area contributed by atoms with Gasteiger partial charge in [-0.1, -0.05) is 41.0 Å². The molecule has 0 aliphatic heterocycles. The second-order valence-electron chi connectivity index (χ2n) is 18.0. The van der Waals surface area contributed by atoms with Crippen molar-refractivity contribution in [3.63, 3.8) is 0 Å². The molecule has 1 aliphatic carbocycles. The number of aliphatic carboxylic acids is 3. The lowest BCUT2D eigenvalue weighted by atomic mass is 9.64. The minimum absolute atomic E-state index is 0.0609. The van der Waals surface area contributed by atoms with Gasteiger partial charge in [0.25, 0.3) is 0 Å². The second-order valence-corrected chi connectivity index (χ2v) is 18.0. The molecular formula is C41H72N4O12. The fourth-order valence-electron chi connectivity index (χ4n) is 6.78. The van der Waals surface area contributed by atoms with E-state index < -0.39 is 70.1 Å². The fraction of sp³-hybridized carbons (Fsp3) is 0.829. The van der Waals surface area contributed by atoms with Crippen LogP contribution in [0.1, 0.15) is 146 Å². The maximum Gasteiger partial charge on any atom is 0.326 e. The van der Waals surface area contributed by atoms with Gasteiger partial charge in [-0.3, -0.25) is 28.8 Å². The first-order chi connectivity index (χ1) is 26.3. The molecule has 0 saturated heterocycles. The second kappa shape index (κ2) is 23.6. The first-order valence-corrected chi connectivity index (χ1v) is 20.4. The molecule has 16 heteroatoms. The molecule has 0 bridgehead atoms. The van der Waals surface area contributed by atoms with E-state index in [2.05, 4.69) is 28.2 Å². The Hall–Kier alpha value is -3.79. The number of carbonyl (C=O) groups excluding carboxylic acids is 4. The van der Waals surface area contributed by atoms with Crippen molar-refractivity contribution >= 4 is 41.5 Å². The van der Waals surface area contributed by atoms with E-state index >= 15 is 0 Å². The Kier molecular flexibility index (Phi) is 21.2. The summed E-state index contributed by atoms with van der Waals surface area (Å²) in [6.45, 7) is 18.7. The van der Waals surface area contributed by atoms with Crippen LogP contribution in [0.25, 0.3) is 0 Å². The molecule has 1 saturated carbocycles. The summed E-state index contributed by atoms with van der Waals surface area (Å²) < 4.78 is 11.9. The summed E-state index contributed by atoms with van der Waals surface area (Å²) in [4.78, 5) is 86.2. The largest absolute Gasteiger partial charge is 0.481 e. The van der Waals surface area contributed by atoms with Gasteiger partial charge in [0.2, 0.25) is 23.6 Å². The lowest BCUT2D eigenvalue weighted by molar-refractivity contribution is -0.143. The molecule has 1 rings (SSSR count). The average Bonchev–Trinajstić information content (AvgIpc) is 3.08. The van der Waals surface area contributed by atoms with E-state index in [4.69, 9.17) is 9.47 Å². The van der Waals surface area contributed by atoms with Crippen molar-refractivity contribution in [2.45, 2.75) is 169 Å².